The van der Waals surface area contributed by atoms with Gasteiger partial charge >= 0.3 is 112 Å². The topological polar surface area (TPSA) is 46.6 Å². The Balaban J connectivity index is 2.05. The number of carbonyl (C=O) groups is 2. The average Bonchev–Trinajstić information content (AvgIpc) is 2.41. The van der Waals surface area contributed by atoms with Gasteiger partial charge < -0.3 is 0 Å². The summed E-state index contributed by atoms with van der Waals surface area (Å²) in [6.45, 7) is 0.479. The Morgan fingerprint density at radius 3 is 2.78 bits per heavy atom. The molecule has 1 aromatic rings. The van der Waals surface area contributed by atoms with E-state index in [1.807, 2.05) is 30.3 Å². The Morgan fingerprint density at radius 1 is 1.39 bits per heavy atom. The molecule has 1 saturated heterocycles. The molecule has 5 heteroatoms. The van der Waals surface area contributed by atoms with E-state index in [4.69, 9.17) is 0 Å². The van der Waals surface area contributed by atoms with E-state index in [2.05, 4.69) is 4.74 Å². The predicted octanol–water partition coefficient (Wildman–Crippen LogP) is 1.19. The maximum absolute atomic E-state index is 12.2. The number of amides is 2. The molecule has 1 atom stereocenters. The van der Waals surface area contributed by atoms with Crippen LogP contribution < -0.4 is 4.46 Å². The second kappa shape index (κ2) is 6.03. The molecule has 18 heavy (non-hydrogen) atoms. The van der Waals surface area contributed by atoms with Gasteiger partial charge in [-0.3, -0.25) is 0 Å². The fourth-order valence-corrected chi connectivity index (χ4v) is 4.33. The van der Waals surface area contributed by atoms with Crippen molar-refractivity contribution in [2.24, 2.45) is 0 Å². The van der Waals surface area contributed by atoms with Gasteiger partial charge in [-0.15, -0.1) is 0 Å². The molecular formula is C13H15NO3Se. The van der Waals surface area contributed by atoms with Crippen LogP contribution in [0.3, 0.4) is 0 Å². The van der Waals surface area contributed by atoms with Gasteiger partial charge in [-0.2, -0.15) is 0 Å². The zero-order chi connectivity index (χ0) is 13.0. The van der Waals surface area contributed by atoms with Crippen molar-refractivity contribution >= 4 is 31.4 Å². The first-order chi connectivity index (χ1) is 8.72. The van der Waals surface area contributed by atoms with Gasteiger partial charge in [0.2, 0.25) is 0 Å². The number of piperidine rings is 1. The molecule has 0 bridgehead atoms. The summed E-state index contributed by atoms with van der Waals surface area (Å²) in [5.41, 5.74) is 0. The molecule has 1 aliphatic rings. The molecule has 1 heterocycles. The normalized spacial score (nSPS) is 19.7. The fourth-order valence-electron chi connectivity index (χ4n) is 1.91. The van der Waals surface area contributed by atoms with E-state index in [0.717, 1.165) is 12.8 Å². The van der Waals surface area contributed by atoms with Crippen molar-refractivity contribution in [3.05, 3.63) is 30.3 Å². The van der Waals surface area contributed by atoms with Crippen LogP contribution in [0.2, 0.25) is 4.82 Å². The summed E-state index contributed by atoms with van der Waals surface area (Å²) in [4.78, 5) is 24.8. The number of ether oxygens (including phenoxy) is 1. The first kappa shape index (κ1) is 13.1. The third-order valence-electron chi connectivity index (χ3n) is 2.81. The van der Waals surface area contributed by atoms with E-state index in [-0.39, 0.29) is 25.7 Å². The van der Waals surface area contributed by atoms with E-state index in [9.17, 15) is 9.59 Å². The van der Waals surface area contributed by atoms with E-state index in [0.29, 0.717) is 6.54 Å². The van der Waals surface area contributed by atoms with Crippen LogP contribution in [0.5, 0.6) is 0 Å². The number of methoxy groups -OCH3 is 1. The molecule has 1 unspecified atom stereocenters. The van der Waals surface area contributed by atoms with Gasteiger partial charge in [0.05, 0.1) is 0 Å². The van der Waals surface area contributed by atoms with E-state index < -0.39 is 6.09 Å². The summed E-state index contributed by atoms with van der Waals surface area (Å²) in [6.07, 6.45) is 1.19. The Hall–Kier alpha value is -1.32. The van der Waals surface area contributed by atoms with E-state index in [1.54, 1.807) is 0 Å². The van der Waals surface area contributed by atoms with Crippen LogP contribution in [0.15, 0.2) is 30.3 Å². The second-order valence-electron chi connectivity index (χ2n) is 4.02. The zero-order valence-corrected chi connectivity index (χ0v) is 11.9. The number of rotatable bonds is 2. The van der Waals surface area contributed by atoms with Crippen LogP contribution in [0.4, 0.5) is 4.79 Å². The van der Waals surface area contributed by atoms with Crippen molar-refractivity contribution in [3.63, 3.8) is 0 Å². The van der Waals surface area contributed by atoms with Gasteiger partial charge in [0.25, 0.3) is 0 Å². The summed E-state index contributed by atoms with van der Waals surface area (Å²) in [5.74, 6) is -0.0862. The Bertz CT molecular complexity index is 435. The standard InChI is InChI=1S/C13H15NO3Se/c1-17-13(16)14-9-5-8-11(12(14)15)18-10-6-3-2-4-7-10/h2-4,6-7,11H,5,8-9H2,1H3. The van der Waals surface area contributed by atoms with Crippen LogP contribution in [0, 0.1) is 0 Å². The Morgan fingerprint density at radius 2 is 2.11 bits per heavy atom. The first-order valence-electron chi connectivity index (χ1n) is 5.83. The zero-order valence-electron chi connectivity index (χ0n) is 10.2. The summed E-state index contributed by atoms with van der Waals surface area (Å²) in [6, 6.07) is 9.97. The molecule has 0 spiro atoms. The molecule has 0 aromatic heterocycles. The number of likely N-dealkylation sites (tertiary alicyclic amines) is 1. The van der Waals surface area contributed by atoms with Crippen LogP contribution in [0.1, 0.15) is 12.8 Å². The molecule has 2 rings (SSSR count). The van der Waals surface area contributed by atoms with Gasteiger partial charge in [-0.05, 0) is 0 Å². The molecule has 1 aliphatic heterocycles. The third kappa shape index (κ3) is 2.92. The quantitative estimate of drug-likeness (QED) is 0.771. The van der Waals surface area contributed by atoms with Crippen LogP contribution in [-0.4, -0.2) is 45.5 Å². The molecule has 1 aromatic carbocycles. The summed E-state index contributed by atoms with van der Waals surface area (Å²) >= 11 is 0.0744. The Labute approximate surface area is 112 Å². The molecule has 0 N–H and O–H groups in total. The van der Waals surface area contributed by atoms with Gasteiger partial charge in [0.1, 0.15) is 0 Å². The molecule has 0 saturated carbocycles. The van der Waals surface area contributed by atoms with Crippen molar-refractivity contribution in [1.82, 2.24) is 4.90 Å². The molecule has 0 aliphatic carbocycles. The predicted molar refractivity (Wildman–Crippen MR) is 68.9 cm³/mol. The number of imide groups is 1. The van der Waals surface area contributed by atoms with Gasteiger partial charge in [0.15, 0.2) is 0 Å². The fraction of sp³-hybridized carbons (Fsp3) is 0.385. The van der Waals surface area contributed by atoms with Crippen LogP contribution in [-0.2, 0) is 9.53 Å². The Kier molecular flexibility index (Phi) is 4.39. The molecular weight excluding hydrogens is 297 g/mol. The molecule has 2 amide bonds. The van der Waals surface area contributed by atoms with Crippen LogP contribution in [0.25, 0.3) is 0 Å². The number of nitrogens with zero attached hydrogens (tertiary/aromatic N) is 1. The van der Waals surface area contributed by atoms with E-state index >= 15 is 0 Å². The monoisotopic (exact) mass is 313 g/mol. The van der Waals surface area contributed by atoms with Crippen molar-refractivity contribution in [2.75, 3.05) is 13.7 Å². The van der Waals surface area contributed by atoms with E-state index in [1.165, 1.54) is 16.5 Å². The molecule has 0 radical (unpaired) electrons. The van der Waals surface area contributed by atoms with Gasteiger partial charge in [-0.1, -0.05) is 0 Å². The summed E-state index contributed by atoms with van der Waals surface area (Å²) < 4.78 is 5.82. The van der Waals surface area contributed by atoms with Crippen molar-refractivity contribution in [3.8, 4) is 0 Å². The average molecular weight is 312 g/mol. The number of hydrogen-bond donors (Lipinski definition) is 0. The third-order valence-corrected chi connectivity index (χ3v) is 5.46. The maximum atomic E-state index is 12.2. The number of hydrogen-bond acceptors (Lipinski definition) is 3. The SMILES string of the molecule is COC(=O)N1CCCC([Se]c2ccccc2)C1=O. The minimum atomic E-state index is -0.534. The summed E-state index contributed by atoms with van der Waals surface area (Å²) in [7, 11) is 1.31. The summed E-state index contributed by atoms with van der Waals surface area (Å²) in [5, 5.41) is 0. The molecule has 1 fully saturated rings. The molecule has 96 valence electrons. The van der Waals surface area contributed by atoms with Gasteiger partial charge in [0, 0.05) is 0 Å². The number of carbonyl (C=O) groups excluding carboxylic acids is 2. The molecule has 4 nitrogen and oxygen atoms in total. The van der Waals surface area contributed by atoms with Crippen LogP contribution >= 0.6 is 0 Å². The van der Waals surface area contributed by atoms with Crippen molar-refractivity contribution in [1.29, 1.82) is 0 Å². The second-order valence-corrected chi connectivity index (χ2v) is 6.70. The minimum absolute atomic E-state index is 0.0484. The number of benzene rings is 1. The van der Waals surface area contributed by atoms with Crippen molar-refractivity contribution in [2.45, 2.75) is 17.7 Å². The van der Waals surface area contributed by atoms with Crippen molar-refractivity contribution < 1.29 is 14.3 Å². The van der Waals surface area contributed by atoms with Gasteiger partial charge in [-0.25, -0.2) is 0 Å². The first-order valence-corrected chi connectivity index (χ1v) is 7.68.